The first-order valence-corrected chi connectivity index (χ1v) is 23.0. The summed E-state index contributed by atoms with van der Waals surface area (Å²) in [6.45, 7) is 17.3. The Morgan fingerprint density at radius 2 is 1.11 bits per heavy atom. The van der Waals surface area contributed by atoms with E-state index in [1.807, 2.05) is 67.6 Å². The number of nitrogens with zero attached hydrogens (tertiary/aromatic N) is 4. The van der Waals surface area contributed by atoms with Gasteiger partial charge in [-0.15, -0.1) is 22.7 Å². The molecule has 17 heteroatoms. The lowest BCUT2D eigenvalue weighted by atomic mass is 9.78. The van der Waals surface area contributed by atoms with E-state index in [0.29, 0.717) is 24.2 Å². The van der Waals surface area contributed by atoms with Gasteiger partial charge < -0.3 is 41.3 Å². The van der Waals surface area contributed by atoms with Gasteiger partial charge in [0.25, 0.3) is 11.9 Å². The first-order valence-electron chi connectivity index (χ1n) is 21.2. The fourth-order valence-corrected chi connectivity index (χ4v) is 9.46. The van der Waals surface area contributed by atoms with E-state index < -0.39 is 5.97 Å². The smallest absolute Gasteiger partial charge is 0.300 e. The molecule has 4 aromatic rings. The zero-order chi connectivity index (χ0) is 48.5. The summed E-state index contributed by atoms with van der Waals surface area (Å²) in [5.74, 6) is -1.58. The van der Waals surface area contributed by atoms with E-state index in [2.05, 4.69) is 39.7 Å². The molecule has 1 unspecified atom stereocenters. The summed E-state index contributed by atoms with van der Waals surface area (Å²) in [6, 6.07) is 16.2. The number of allylic oxidation sites excluding steroid dienone is 4. The summed E-state index contributed by atoms with van der Waals surface area (Å²) in [5, 5.41) is 24.0. The molecule has 7 rings (SSSR count). The predicted octanol–water partition coefficient (Wildman–Crippen LogP) is 6.56. The lowest BCUT2D eigenvalue weighted by Gasteiger charge is -2.37. The molecular weight excluding hydrogens is 881 g/mol. The monoisotopic (exact) mass is 946 g/mol. The van der Waals surface area contributed by atoms with Crippen LogP contribution in [-0.2, 0) is 33.6 Å². The number of nitrogens with one attached hydrogen (secondary N) is 1. The van der Waals surface area contributed by atoms with Crippen molar-refractivity contribution in [1.29, 1.82) is 0 Å². The van der Waals surface area contributed by atoms with Crippen molar-refractivity contribution < 1.29 is 43.8 Å². The van der Waals surface area contributed by atoms with Crippen LogP contribution in [0.2, 0.25) is 0 Å². The molecule has 66 heavy (non-hydrogen) atoms. The molecule has 0 saturated carbocycles. The number of amides is 2. The highest BCUT2D eigenvalue weighted by atomic mass is 32.1. The quantitative estimate of drug-likeness (QED) is 0.0836. The minimum Gasteiger partial charge on any atom is -0.481 e. The van der Waals surface area contributed by atoms with Gasteiger partial charge in [-0.3, -0.25) is 33.6 Å². The second-order valence-electron chi connectivity index (χ2n) is 15.9. The normalized spacial score (nSPS) is 16.0. The van der Waals surface area contributed by atoms with E-state index in [1.165, 1.54) is 25.5 Å². The number of rotatable bonds is 8. The number of dihydropyridines is 1. The number of carbonyl (C=O) groups is 7. The van der Waals surface area contributed by atoms with Crippen LogP contribution in [0.5, 0.6) is 0 Å². The topological polar surface area (TPSA) is 220 Å². The summed E-state index contributed by atoms with van der Waals surface area (Å²) in [7, 11) is 5.11. The van der Waals surface area contributed by atoms with E-state index in [0.717, 1.165) is 91.3 Å². The summed E-state index contributed by atoms with van der Waals surface area (Å²) < 4.78 is 2.33. The second kappa shape index (κ2) is 27.1. The molecule has 358 valence electrons. The molecule has 2 aromatic carbocycles. The van der Waals surface area contributed by atoms with Crippen LogP contribution in [0, 0.1) is 0 Å². The number of hydrogen-bond donors (Lipinski definition) is 4. The van der Waals surface area contributed by atoms with Crippen LogP contribution < -0.4 is 11.5 Å². The number of thiophene rings is 2. The highest BCUT2D eigenvalue weighted by Crippen LogP contribution is 2.44. The molecule has 3 aliphatic heterocycles. The number of aliphatic hydroxyl groups is 1. The van der Waals surface area contributed by atoms with Crippen molar-refractivity contribution in [3.63, 3.8) is 0 Å². The molecular formula is C49H66N6O9S2. The average Bonchev–Trinajstić information content (AvgIpc) is 3.87. The molecule has 5 heterocycles. The Balaban J connectivity index is 0.000000344. The number of ketones is 4. The minimum atomic E-state index is -0.833. The summed E-state index contributed by atoms with van der Waals surface area (Å²) in [4.78, 5) is 88.3. The zero-order valence-electron chi connectivity index (χ0n) is 39.9. The van der Waals surface area contributed by atoms with Crippen molar-refractivity contribution in [2.24, 2.45) is 0 Å². The van der Waals surface area contributed by atoms with Gasteiger partial charge >= 0.3 is 0 Å². The van der Waals surface area contributed by atoms with Crippen molar-refractivity contribution in [3.8, 4) is 0 Å². The molecule has 0 bridgehead atoms. The first-order chi connectivity index (χ1) is 30.8. The Morgan fingerprint density at radius 1 is 0.667 bits per heavy atom. The molecule has 0 radical (unpaired) electrons. The number of aliphatic hydroxyl groups excluding tert-OH is 1. The van der Waals surface area contributed by atoms with Crippen LogP contribution in [0.4, 0.5) is 0 Å². The van der Waals surface area contributed by atoms with Gasteiger partial charge in [-0.2, -0.15) is 0 Å². The fourth-order valence-electron chi connectivity index (χ4n) is 7.55. The highest BCUT2D eigenvalue weighted by molar-refractivity contribution is 7.17. The third-order valence-corrected chi connectivity index (χ3v) is 12.8. The molecule has 6 N–H and O–H groups in total. The Bertz CT molecular complexity index is 2430. The van der Waals surface area contributed by atoms with E-state index in [1.54, 1.807) is 40.6 Å². The molecule has 3 aliphatic rings. The van der Waals surface area contributed by atoms with E-state index >= 15 is 0 Å². The van der Waals surface area contributed by atoms with Crippen molar-refractivity contribution >= 4 is 89.8 Å². The maximum atomic E-state index is 13.7. The van der Waals surface area contributed by atoms with Gasteiger partial charge in [-0.1, -0.05) is 36.4 Å². The van der Waals surface area contributed by atoms with Gasteiger partial charge in [-0.25, -0.2) is 0 Å². The SMILES string of the molecule is CC(=O)C(=Cc1csc2ccccc12)C(C)=O.CC(=O)C1=C(C)NC(C)=C(C(=O)N2CCN(C)CC2)C1c1csc2ccccc12.CC(=O)CC(=O)N1CCN(C)CC1.CC(=O)O.CO.N. The third-order valence-electron chi connectivity index (χ3n) is 10.8. The largest absolute Gasteiger partial charge is 0.481 e. The van der Waals surface area contributed by atoms with Gasteiger partial charge in [0, 0.05) is 104 Å². The van der Waals surface area contributed by atoms with E-state index in [-0.39, 0.29) is 59.0 Å². The Hall–Kier alpha value is -5.69. The van der Waals surface area contributed by atoms with E-state index in [4.69, 9.17) is 15.0 Å². The maximum Gasteiger partial charge on any atom is 0.300 e. The Morgan fingerprint density at radius 3 is 1.59 bits per heavy atom. The van der Waals surface area contributed by atoms with Gasteiger partial charge in [0.2, 0.25) is 5.91 Å². The number of carbonyl (C=O) groups excluding carboxylic acids is 6. The van der Waals surface area contributed by atoms with E-state index in [9.17, 15) is 28.8 Å². The summed E-state index contributed by atoms with van der Waals surface area (Å²) in [5.41, 5.74) is 5.32. The molecule has 0 aliphatic carbocycles. The van der Waals surface area contributed by atoms with Gasteiger partial charge in [-0.05, 0) is 107 Å². The van der Waals surface area contributed by atoms with Crippen molar-refractivity contribution in [2.45, 2.75) is 60.8 Å². The first kappa shape index (κ1) is 56.4. The van der Waals surface area contributed by atoms with Crippen molar-refractivity contribution in [3.05, 3.63) is 98.5 Å². The van der Waals surface area contributed by atoms with Crippen LogP contribution in [-0.4, -0.2) is 144 Å². The molecule has 15 nitrogen and oxygen atoms in total. The minimum absolute atomic E-state index is 0. The lowest BCUT2D eigenvalue weighted by molar-refractivity contribution is -0.136. The standard InChI is InChI=1S/C23H27N3O2S.C14H12O2S.C9H16N2O2.C2H4O2.CH4O.H3N/c1-14-20(16(3)27)22(18-13-29-19-8-6-5-7-17(18)19)21(15(2)24-14)23(28)26-11-9-25(4)10-12-26;1-9(15)13(10(2)16)7-11-8-17-14-6-4-3-5-12(11)14;1-8(12)7-9(13)11-5-3-10(2)4-6-11;1-2(3)4;1-2;/h5-8,13,22,24H,9-12H2,1-4H3;3-8H,1-2H3;3-7H2,1-2H3;1H3,(H,3,4);2H,1H3;1H3. The molecule has 2 fully saturated rings. The fraction of sp³-hybridized carbons (Fsp3) is 0.408. The van der Waals surface area contributed by atoms with Crippen LogP contribution >= 0.6 is 22.7 Å². The lowest BCUT2D eigenvalue weighted by Crippen LogP contribution is -2.49. The van der Waals surface area contributed by atoms with Crippen LogP contribution in [0.1, 0.15) is 71.9 Å². The number of piperazine rings is 2. The van der Waals surface area contributed by atoms with Gasteiger partial charge in [0.05, 0.1) is 12.0 Å². The Kier molecular flexibility index (Phi) is 23.1. The van der Waals surface area contributed by atoms with Crippen molar-refractivity contribution in [1.82, 2.24) is 31.1 Å². The second-order valence-corrected chi connectivity index (χ2v) is 17.7. The summed E-state index contributed by atoms with van der Waals surface area (Å²) in [6.07, 6.45) is 1.74. The van der Waals surface area contributed by atoms with Crippen LogP contribution in [0.3, 0.4) is 0 Å². The molecule has 2 aromatic heterocycles. The number of likely N-dealkylation sites (N-methyl/N-ethyl adjacent to an activating group) is 2. The number of carboxylic acid groups (broad SMARTS) is 1. The average molecular weight is 947 g/mol. The van der Waals surface area contributed by atoms with Crippen LogP contribution in [0.15, 0.2) is 87.4 Å². The number of aliphatic carboxylic acids is 1. The number of hydrogen-bond acceptors (Lipinski definition) is 14. The number of Topliss-reactive ketones (excluding diaryl/α,β-unsaturated/α-hetero) is 4. The highest BCUT2D eigenvalue weighted by Gasteiger charge is 2.38. The third kappa shape index (κ3) is 15.7. The zero-order valence-corrected chi connectivity index (χ0v) is 41.5. The van der Waals surface area contributed by atoms with Crippen molar-refractivity contribution in [2.75, 3.05) is 73.6 Å². The number of benzene rings is 2. The molecule has 2 amide bonds. The maximum absolute atomic E-state index is 13.7. The Labute approximate surface area is 396 Å². The number of fused-ring (bicyclic) bond motifs is 2. The number of carboxylic acids is 1. The predicted molar refractivity (Wildman–Crippen MR) is 265 cm³/mol. The van der Waals surface area contributed by atoms with Gasteiger partial charge in [0.1, 0.15) is 5.78 Å². The van der Waals surface area contributed by atoms with Gasteiger partial charge in [0.15, 0.2) is 17.3 Å². The molecule has 1 atom stereocenters. The summed E-state index contributed by atoms with van der Waals surface area (Å²) >= 11 is 3.28. The molecule has 0 spiro atoms. The van der Waals surface area contributed by atoms with Crippen LogP contribution in [0.25, 0.3) is 26.2 Å². The molecule has 2 saturated heterocycles.